The van der Waals surface area contributed by atoms with Crippen molar-refractivity contribution in [3.8, 4) is 62.2 Å². The summed E-state index contributed by atoms with van der Waals surface area (Å²) in [7, 11) is 0. The molecule has 5 heteroatoms. The molecule has 10 rings (SSSR count). The molecule has 0 saturated heterocycles. The van der Waals surface area contributed by atoms with E-state index in [-0.39, 0.29) is 5.41 Å². The summed E-state index contributed by atoms with van der Waals surface area (Å²) in [5.41, 5.74) is 11.3. The Morgan fingerprint density at radius 3 is 2.09 bits per heavy atom. The molecule has 1 aliphatic rings. The largest absolute Gasteiger partial charge is 0.458 e. The molecule has 6 aromatic carbocycles. The van der Waals surface area contributed by atoms with E-state index in [4.69, 9.17) is 9.72 Å². The van der Waals surface area contributed by atoms with Crippen LogP contribution >= 0.6 is 0 Å². The summed E-state index contributed by atoms with van der Waals surface area (Å²) in [6.45, 7) is 6.67. The Morgan fingerprint density at radius 1 is 0.623 bits per heavy atom. The molecule has 5 nitrogen and oxygen atoms in total. The van der Waals surface area contributed by atoms with E-state index in [9.17, 15) is 1.37 Å². The van der Waals surface area contributed by atoms with Gasteiger partial charge in [-0.2, -0.15) is 0 Å². The summed E-state index contributed by atoms with van der Waals surface area (Å²) >= 11 is 0. The van der Waals surface area contributed by atoms with Crippen molar-refractivity contribution < 1.29 is 10.7 Å². The number of aromatic nitrogens is 4. The van der Waals surface area contributed by atoms with Crippen molar-refractivity contribution in [3.63, 3.8) is 0 Å². The van der Waals surface area contributed by atoms with Crippen molar-refractivity contribution in [2.24, 2.45) is 0 Å². The number of hydrogen-bond donors (Lipinski definition) is 0. The zero-order valence-electron chi connectivity index (χ0n) is 30.7. The minimum atomic E-state index is -0.0141. The van der Waals surface area contributed by atoms with Crippen LogP contribution in [-0.4, -0.2) is 14.1 Å². The van der Waals surface area contributed by atoms with Crippen molar-refractivity contribution in [3.05, 3.63) is 176 Å². The molecule has 0 unspecified atom stereocenters. The lowest BCUT2D eigenvalue weighted by Crippen LogP contribution is -2.33. The Hall–Kier alpha value is -6.72. The number of imidazole rings is 1. The van der Waals surface area contributed by atoms with Gasteiger partial charge in [0.2, 0.25) is 0 Å². The van der Waals surface area contributed by atoms with Crippen LogP contribution in [0.5, 0.6) is 11.5 Å². The Labute approximate surface area is 310 Å². The molecule has 0 amide bonds. The predicted octanol–water partition coefficient (Wildman–Crippen LogP) is 11.5. The molecule has 0 fully saturated rings. The van der Waals surface area contributed by atoms with Crippen LogP contribution in [0.1, 0.15) is 27.7 Å². The molecule has 254 valence electrons. The second-order valence-corrected chi connectivity index (χ2v) is 14.6. The van der Waals surface area contributed by atoms with Crippen molar-refractivity contribution in [1.82, 2.24) is 14.1 Å². The molecule has 9 aromatic rings. The standard InChI is InChI=1S/C48H36N4O/c1-48(2,3)32-25-26-49-47(27-32)52-44-22-11-9-20-41(44)42-24-23-35(29-45(42)52)53-34-14-12-13-33(28-34)50-30-46-40-19-7-6-17-38(40)36-15-4-5-16-37(36)39-18-8-10-21-43(39)51(46)31-50/h4-30H,1-3H3/i30D. The maximum Gasteiger partial charge on any atom is 0.269 e. The quantitative estimate of drug-likeness (QED) is 0.137. The van der Waals surface area contributed by atoms with Gasteiger partial charge in [-0.05, 0) is 93.4 Å². The molecule has 0 N–H and O–H groups in total. The maximum atomic E-state index is 9.62. The van der Waals surface area contributed by atoms with Crippen LogP contribution in [0.3, 0.4) is 0 Å². The van der Waals surface area contributed by atoms with Gasteiger partial charge in [-0.25, -0.2) is 4.98 Å². The van der Waals surface area contributed by atoms with E-state index < -0.39 is 0 Å². The van der Waals surface area contributed by atoms with Gasteiger partial charge in [0.1, 0.15) is 17.3 Å². The molecule has 0 atom stereocenters. The summed E-state index contributed by atoms with van der Waals surface area (Å²) in [6.07, 6.45) is 5.80. The second-order valence-electron chi connectivity index (χ2n) is 14.6. The van der Waals surface area contributed by atoms with Gasteiger partial charge >= 0.3 is 0 Å². The van der Waals surface area contributed by atoms with Gasteiger partial charge in [0.25, 0.3) is 6.33 Å². The Balaban J connectivity index is 1.08. The van der Waals surface area contributed by atoms with Crippen LogP contribution in [0.15, 0.2) is 164 Å². The molecule has 0 aliphatic carbocycles. The summed E-state index contributed by atoms with van der Waals surface area (Å²) < 4.78 is 22.3. The molecule has 0 radical (unpaired) electrons. The normalized spacial score (nSPS) is 12.3. The van der Waals surface area contributed by atoms with Crippen molar-refractivity contribution in [1.29, 1.82) is 0 Å². The highest BCUT2D eigenvalue weighted by atomic mass is 16.5. The number of pyridine rings is 1. The first-order chi connectivity index (χ1) is 26.3. The Bertz CT molecular complexity index is 2930. The number of nitrogens with zero attached hydrogens (tertiary/aromatic N) is 4. The average Bonchev–Trinajstić information content (AvgIpc) is 3.71. The third kappa shape index (κ3) is 5.15. The molecule has 53 heavy (non-hydrogen) atoms. The second kappa shape index (κ2) is 11.9. The maximum absolute atomic E-state index is 9.62. The fraction of sp³-hybridized carbons (Fsp3) is 0.0833. The van der Waals surface area contributed by atoms with E-state index in [0.29, 0.717) is 17.7 Å². The van der Waals surface area contributed by atoms with E-state index >= 15 is 0 Å². The molecule has 1 aliphatic heterocycles. The van der Waals surface area contributed by atoms with E-state index in [1.54, 1.807) is 0 Å². The first-order valence-corrected chi connectivity index (χ1v) is 18.0. The smallest absolute Gasteiger partial charge is 0.269 e. The fourth-order valence-electron chi connectivity index (χ4n) is 7.67. The SMILES string of the molecule is [2H]c1c2[n+]([c-]n1-c1cccc(Oc3ccc4c5ccccc5n(-c5cc(C(C)(C)C)ccn5)c4c3)c1)-c1ccccc1-c1ccccc1-c1ccccc1-2. The number of fused-ring (bicyclic) bond motifs is 11. The lowest BCUT2D eigenvalue weighted by molar-refractivity contribution is -0.587. The Kier molecular flexibility index (Phi) is 6.74. The van der Waals surface area contributed by atoms with Crippen molar-refractivity contribution in [2.75, 3.05) is 0 Å². The number of para-hydroxylation sites is 2. The van der Waals surface area contributed by atoms with E-state index in [2.05, 4.69) is 141 Å². The minimum absolute atomic E-state index is 0.0141. The molecule has 0 spiro atoms. The van der Waals surface area contributed by atoms with E-state index in [1.807, 2.05) is 57.8 Å². The molecular weight excluding hydrogens is 649 g/mol. The molecular formula is C48H36N4O. The van der Waals surface area contributed by atoms with Crippen molar-refractivity contribution in [2.45, 2.75) is 26.2 Å². The number of hydrogen-bond acceptors (Lipinski definition) is 2. The average molecular weight is 686 g/mol. The summed E-state index contributed by atoms with van der Waals surface area (Å²) in [4.78, 5) is 4.84. The van der Waals surface area contributed by atoms with Crippen LogP contribution in [0.2, 0.25) is 0 Å². The molecule has 3 aromatic heterocycles. The highest BCUT2D eigenvalue weighted by molar-refractivity contribution is 6.09. The predicted molar refractivity (Wildman–Crippen MR) is 213 cm³/mol. The van der Waals surface area contributed by atoms with Gasteiger partial charge in [-0.3, -0.25) is 13.7 Å². The highest BCUT2D eigenvalue weighted by Gasteiger charge is 2.23. The molecule has 0 saturated carbocycles. The number of rotatable bonds is 4. The first-order valence-electron chi connectivity index (χ1n) is 18.5. The van der Waals surface area contributed by atoms with Gasteiger partial charge in [0.15, 0.2) is 0 Å². The van der Waals surface area contributed by atoms with Gasteiger partial charge < -0.3 is 4.74 Å². The van der Waals surface area contributed by atoms with Gasteiger partial charge in [-0.15, -0.1) is 0 Å². The number of benzene rings is 6. The minimum Gasteiger partial charge on any atom is -0.458 e. The van der Waals surface area contributed by atoms with Gasteiger partial charge in [0.05, 0.1) is 29.5 Å². The summed E-state index contributed by atoms with van der Waals surface area (Å²) in [6, 6.07) is 52.1. The van der Waals surface area contributed by atoms with Crippen LogP contribution in [0.25, 0.3) is 72.5 Å². The van der Waals surface area contributed by atoms with E-state index in [0.717, 1.165) is 72.5 Å². The summed E-state index contributed by atoms with van der Waals surface area (Å²) in [5.74, 6) is 2.24. The summed E-state index contributed by atoms with van der Waals surface area (Å²) in [5, 5.41) is 2.29. The van der Waals surface area contributed by atoms with Crippen LogP contribution in [-0.2, 0) is 5.41 Å². The van der Waals surface area contributed by atoms with Crippen LogP contribution in [0, 0.1) is 6.33 Å². The zero-order valence-corrected chi connectivity index (χ0v) is 29.7. The van der Waals surface area contributed by atoms with Crippen LogP contribution < -0.4 is 9.30 Å². The lowest BCUT2D eigenvalue weighted by Gasteiger charge is -2.21. The Morgan fingerprint density at radius 2 is 1.28 bits per heavy atom. The van der Waals surface area contributed by atoms with E-state index in [1.165, 1.54) is 5.56 Å². The third-order valence-electron chi connectivity index (χ3n) is 10.3. The van der Waals surface area contributed by atoms with Crippen LogP contribution in [0.4, 0.5) is 0 Å². The fourth-order valence-corrected chi connectivity index (χ4v) is 7.67. The third-order valence-corrected chi connectivity index (χ3v) is 10.3. The monoisotopic (exact) mass is 685 g/mol. The first kappa shape index (κ1) is 30.0. The molecule has 4 heterocycles. The molecule has 0 bridgehead atoms. The topological polar surface area (TPSA) is 35.9 Å². The zero-order chi connectivity index (χ0) is 36.6. The number of ether oxygens (including phenoxy) is 1. The van der Waals surface area contributed by atoms with Gasteiger partial charge in [-0.1, -0.05) is 112 Å². The van der Waals surface area contributed by atoms with Gasteiger partial charge in [0, 0.05) is 29.2 Å². The lowest BCUT2D eigenvalue weighted by atomic mass is 9.88. The highest BCUT2D eigenvalue weighted by Crippen LogP contribution is 2.41. The van der Waals surface area contributed by atoms with Crippen molar-refractivity contribution >= 4 is 21.8 Å².